The van der Waals surface area contributed by atoms with Crippen molar-refractivity contribution in [1.29, 1.82) is 0 Å². The third-order valence-electron chi connectivity index (χ3n) is 14.0. The van der Waals surface area contributed by atoms with Crippen molar-refractivity contribution in [1.82, 2.24) is 15.2 Å². The summed E-state index contributed by atoms with van der Waals surface area (Å²) in [5, 5.41) is 6.46. The second kappa shape index (κ2) is 24.2. The highest BCUT2D eigenvalue weighted by Crippen LogP contribution is 2.48. The van der Waals surface area contributed by atoms with Crippen LogP contribution in [0.3, 0.4) is 0 Å². The van der Waals surface area contributed by atoms with Crippen molar-refractivity contribution in [2.24, 2.45) is 4.99 Å². The molecule has 2 aliphatic rings. The highest BCUT2D eigenvalue weighted by atomic mass is 79.9. The smallest absolute Gasteiger partial charge is 0.355 e. The Bertz CT molecular complexity index is 3490. The van der Waals surface area contributed by atoms with Crippen molar-refractivity contribution in [3.05, 3.63) is 282 Å². The van der Waals surface area contributed by atoms with Crippen LogP contribution in [-0.2, 0) is 53.0 Å². The summed E-state index contributed by atoms with van der Waals surface area (Å²) in [5.41, 5.74) is 8.14. The molecule has 0 radical (unpaired) electrons. The number of amides is 2. The van der Waals surface area contributed by atoms with Gasteiger partial charge in [-0.3, -0.25) is 24.3 Å². The van der Waals surface area contributed by atoms with Crippen molar-refractivity contribution in [3.63, 3.8) is 0 Å². The number of anilines is 1. The van der Waals surface area contributed by atoms with Gasteiger partial charge in [-0.1, -0.05) is 194 Å². The number of ether oxygens (including phenoxy) is 3. The number of aromatic nitrogens is 1. The molecule has 0 aliphatic carbocycles. The Morgan fingerprint density at radius 1 is 0.675 bits per heavy atom. The third kappa shape index (κ3) is 10.5. The highest BCUT2D eigenvalue weighted by molar-refractivity contribution is 9.10. The number of fused-ring (bicyclic) bond motifs is 1. The van der Waals surface area contributed by atoms with Crippen LogP contribution in [0.2, 0.25) is 0 Å². The molecule has 0 bridgehead atoms. The lowest BCUT2D eigenvalue weighted by molar-refractivity contribution is -0.152. The van der Waals surface area contributed by atoms with Gasteiger partial charge in [-0.2, -0.15) is 0 Å². The van der Waals surface area contributed by atoms with Crippen LogP contribution in [0.4, 0.5) is 5.13 Å². The van der Waals surface area contributed by atoms with Crippen LogP contribution >= 0.6 is 50.4 Å². The van der Waals surface area contributed by atoms with Gasteiger partial charge in [-0.25, -0.2) is 15.3 Å². The van der Waals surface area contributed by atoms with Gasteiger partial charge in [-0.15, -0.1) is 34.4 Å². The monoisotopic (exact) mass is 1180 g/mol. The summed E-state index contributed by atoms with van der Waals surface area (Å²) in [6.07, 6.45) is 0. The minimum atomic E-state index is -1.31. The number of methoxy groups -OCH3 is 2. The van der Waals surface area contributed by atoms with Crippen LogP contribution in [0.25, 0.3) is 5.57 Å². The Kier molecular flexibility index (Phi) is 16.3. The molecule has 1 saturated heterocycles. The number of esters is 1. The molecule has 4 heterocycles. The molecule has 12 nitrogen and oxygen atoms in total. The topological polar surface area (TPSA) is 141 Å². The first-order valence-electron chi connectivity index (χ1n) is 25.6. The van der Waals surface area contributed by atoms with Crippen molar-refractivity contribution in [2.45, 2.75) is 35.8 Å². The fourth-order valence-electron chi connectivity index (χ4n) is 10.2. The molecule has 16 heteroatoms. The molecular weight excluding hydrogens is 1130 g/mol. The van der Waals surface area contributed by atoms with E-state index in [0.29, 0.717) is 22.2 Å². The SMILES string of the molecule is COCc1scc(Br)c1C1=C(C(=O)OCc2ccc(OC)cc2)N2C(=O)[C@@H](NC(=O)/C(=N/C(c3ccccc3)(c3ccccc3)c3ccccc3)c3csc(NOC(c4ccccc4)(c4ccccc4)c4ccccc4)n3)[C@H]2SC1. The number of rotatable bonds is 20. The van der Waals surface area contributed by atoms with Crippen molar-refractivity contribution in [2.75, 3.05) is 25.5 Å². The number of benzene rings is 7. The summed E-state index contributed by atoms with van der Waals surface area (Å²) in [7, 11) is 3.19. The first kappa shape index (κ1) is 54.0. The normalized spacial score (nSPS) is 15.4. The van der Waals surface area contributed by atoms with Crippen LogP contribution in [0.15, 0.2) is 232 Å². The Morgan fingerprint density at radius 2 is 1.19 bits per heavy atom. The minimum Gasteiger partial charge on any atom is -0.497 e. The number of carbonyl (C=O) groups excluding carboxylic acids is 3. The Hall–Kier alpha value is -7.96. The summed E-state index contributed by atoms with van der Waals surface area (Å²) in [4.78, 5) is 65.3. The molecule has 2 atom stereocenters. The molecule has 2 aromatic heterocycles. The number of hydrogen-bond donors (Lipinski definition) is 2. The van der Waals surface area contributed by atoms with E-state index in [0.717, 1.165) is 53.9 Å². The molecule has 7 aromatic carbocycles. The number of β-lactam (4-membered cyclic amide) rings is 1. The number of hydrogen-bond acceptors (Lipinski definition) is 13. The van der Waals surface area contributed by atoms with Crippen LogP contribution in [0.5, 0.6) is 5.75 Å². The number of halogens is 1. The number of thiophene rings is 1. The summed E-state index contributed by atoms with van der Waals surface area (Å²) in [5.74, 6) is -0.838. The molecular formula is C64H52BrN5O7S3. The molecule has 2 aliphatic heterocycles. The lowest BCUT2D eigenvalue weighted by Crippen LogP contribution is -2.71. The third-order valence-corrected chi connectivity index (χ3v) is 17.9. The zero-order valence-electron chi connectivity index (χ0n) is 43.4. The van der Waals surface area contributed by atoms with E-state index in [4.69, 9.17) is 29.0 Å². The molecule has 1 fully saturated rings. The molecule has 2 amide bonds. The van der Waals surface area contributed by atoms with E-state index >= 15 is 4.79 Å². The number of thiazole rings is 1. The Morgan fingerprint density at radius 3 is 1.69 bits per heavy atom. The first-order valence-corrected chi connectivity index (χ1v) is 29.2. The number of carbonyl (C=O) groups is 3. The minimum absolute atomic E-state index is 0.0415. The zero-order valence-corrected chi connectivity index (χ0v) is 47.4. The molecule has 0 spiro atoms. The summed E-state index contributed by atoms with van der Waals surface area (Å²) in [6, 6.07) is 65.5. The Balaban J connectivity index is 0.994. The average Bonchev–Trinajstić information content (AvgIpc) is 3.82. The van der Waals surface area contributed by atoms with Crippen LogP contribution < -0.4 is 15.5 Å². The second-order valence-electron chi connectivity index (χ2n) is 18.7. The zero-order chi connectivity index (χ0) is 55.1. The van der Waals surface area contributed by atoms with Crippen molar-refractivity contribution in [3.8, 4) is 5.75 Å². The average molecular weight is 1180 g/mol. The maximum Gasteiger partial charge on any atom is 0.355 e. The summed E-state index contributed by atoms with van der Waals surface area (Å²) in [6.45, 7) is 0.235. The van der Waals surface area contributed by atoms with Gasteiger partial charge in [-0.05, 0) is 67.0 Å². The van der Waals surface area contributed by atoms with Gasteiger partial charge in [0.2, 0.25) is 5.13 Å². The van der Waals surface area contributed by atoms with Gasteiger partial charge in [0.1, 0.15) is 40.7 Å². The quantitative estimate of drug-likeness (QED) is 0.0249. The number of thioether (sulfide) groups is 1. The highest BCUT2D eigenvalue weighted by Gasteiger charge is 2.55. The van der Waals surface area contributed by atoms with E-state index in [-0.39, 0.29) is 30.3 Å². The van der Waals surface area contributed by atoms with Gasteiger partial charge < -0.3 is 19.5 Å². The van der Waals surface area contributed by atoms with E-state index in [1.165, 1.54) is 39.3 Å². The standard InChI is InChI=1S/C64H52BrN5O7S3/c1-74-38-53-54(51(65)40-78-53)50-39-79-60-56(59(72)70(60)57(50)61(73)76-37-42-33-35-49(75-2)36-34-42)67-58(71)55(68-63(43-21-9-3-10-22-43,44-23-11-4-12-24-44)45-25-13-5-14-26-45)52-41-80-62(66-52)69-77-64(46-27-15-6-16-28-46,47-29-17-7-18-30-47)48-31-19-8-20-32-48/h3-36,40-41,56,60H,37-39H2,1-2H3,(H,66,69)(H,67,71)/b68-55+/t56-,60-/m1/s1. The van der Waals surface area contributed by atoms with Gasteiger partial charge in [0.05, 0.1) is 13.7 Å². The molecule has 11 rings (SSSR count). The van der Waals surface area contributed by atoms with Crippen LogP contribution in [0, 0.1) is 0 Å². The number of nitrogens with one attached hydrogen (secondary N) is 2. The lowest BCUT2D eigenvalue weighted by Gasteiger charge is -2.49. The first-order chi connectivity index (χ1) is 39.2. The van der Waals surface area contributed by atoms with Gasteiger partial charge in [0, 0.05) is 44.1 Å². The van der Waals surface area contributed by atoms with Gasteiger partial charge in [0.15, 0.2) is 11.3 Å². The maximum absolute atomic E-state index is 15.7. The van der Waals surface area contributed by atoms with Crippen LogP contribution in [-0.4, -0.2) is 64.8 Å². The maximum atomic E-state index is 15.7. The molecule has 9 aromatic rings. The van der Waals surface area contributed by atoms with E-state index in [2.05, 4.69) is 26.7 Å². The Labute approximate surface area is 484 Å². The van der Waals surface area contributed by atoms with E-state index in [1.807, 2.05) is 200 Å². The van der Waals surface area contributed by atoms with Crippen LogP contribution in [0.1, 0.15) is 55.1 Å². The fraction of sp³-hybridized carbons (Fsp3) is 0.141. The molecule has 0 saturated carbocycles. The van der Waals surface area contributed by atoms with E-state index in [1.54, 1.807) is 31.7 Å². The lowest BCUT2D eigenvalue weighted by atomic mass is 9.77. The second-order valence-corrected chi connectivity index (χ2v) is 22.5. The van der Waals surface area contributed by atoms with Gasteiger partial charge >= 0.3 is 5.97 Å². The summed E-state index contributed by atoms with van der Waals surface area (Å²) >= 11 is 7.89. The molecule has 80 heavy (non-hydrogen) atoms. The van der Waals surface area contributed by atoms with Crippen molar-refractivity contribution < 1.29 is 33.4 Å². The molecule has 400 valence electrons. The van der Waals surface area contributed by atoms with E-state index in [9.17, 15) is 9.59 Å². The number of aliphatic imine (C=N–C) groups is 1. The van der Waals surface area contributed by atoms with E-state index < -0.39 is 40.3 Å². The summed E-state index contributed by atoms with van der Waals surface area (Å²) < 4.78 is 17.7. The van der Waals surface area contributed by atoms with Gasteiger partial charge in [0.25, 0.3) is 11.8 Å². The predicted molar refractivity (Wildman–Crippen MR) is 319 cm³/mol. The predicted octanol–water partition coefficient (Wildman–Crippen LogP) is 12.8. The number of nitrogens with zero attached hydrogens (tertiary/aromatic N) is 3. The molecule has 0 unspecified atom stereocenters. The van der Waals surface area contributed by atoms with Crippen molar-refractivity contribution >= 4 is 84.6 Å². The largest absolute Gasteiger partial charge is 0.497 e. The fourth-order valence-corrected chi connectivity index (χ4v) is 14.0. The molecule has 2 N–H and O–H groups in total.